The Morgan fingerprint density at radius 1 is 1.12 bits per heavy atom. The van der Waals surface area contributed by atoms with Gasteiger partial charge in [0.1, 0.15) is 11.7 Å². The summed E-state index contributed by atoms with van der Waals surface area (Å²) in [6.45, 7) is 3.51. The van der Waals surface area contributed by atoms with Crippen LogP contribution < -0.4 is 0 Å². The molecule has 1 heterocycles. The summed E-state index contributed by atoms with van der Waals surface area (Å²) in [6, 6.07) is 7.08. The first-order valence-electron chi connectivity index (χ1n) is 13.5. The quantitative estimate of drug-likeness (QED) is 0.403. The van der Waals surface area contributed by atoms with E-state index in [1.165, 1.54) is 37.4 Å². The number of benzene rings is 2. The van der Waals surface area contributed by atoms with E-state index in [2.05, 4.69) is 0 Å². The number of phenols is 1. The number of nitrogens with zero attached hydrogens (tertiary/aromatic N) is 1. The Bertz CT molecular complexity index is 1370. The van der Waals surface area contributed by atoms with Gasteiger partial charge in [0.2, 0.25) is 0 Å². The summed E-state index contributed by atoms with van der Waals surface area (Å²) in [5.41, 5.74) is -0.628. The second-order valence-electron chi connectivity index (χ2n) is 11.2. The average Bonchev–Trinajstić information content (AvgIpc) is 2.92. The highest BCUT2D eigenvalue weighted by molar-refractivity contribution is 6.29. The van der Waals surface area contributed by atoms with Crippen LogP contribution in [0.2, 0.25) is 0 Å². The molecule has 2 aliphatic carbocycles. The molecule has 214 valence electrons. The molecule has 3 aliphatic rings. The van der Waals surface area contributed by atoms with Gasteiger partial charge in [-0.3, -0.25) is 14.4 Å². The number of methoxy groups -OCH3 is 1. The molecule has 1 aliphatic heterocycles. The van der Waals surface area contributed by atoms with E-state index in [1.807, 2.05) is 19.0 Å². The number of aromatic hydroxyl groups is 1. The van der Waals surface area contributed by atoms with Crippen molar-refractivity contribution in [1.82, 2.24) is 4.90 Å². The van der Waals surface area contributed by atoms with Crippen molar-refractivity contribution in [1.29, 1.82) is 0 Å². The van der Waals surface area contributed by atoms with Crippen LogP contribution >= 0.6 is 0 Å². The summed E-state index contributed by atoms with van der Waals surface area (Å²) in [5, 5.41) is 32.8. The molecular weight excluding hydrogens is 518 g/mol. The van der Waals surface area contributed by atoms with E-state index in [9.17, 15) is 29.7 Å². The first kappa shape index (κ1) is 28.4. The highest BCUT2D eigenvalue weighted by Crippen LogP contribution is 2.50. The van der Waals surface area contributed by atoms with Gasteiger partial charge in [0.15, 0.2) is 17.9 Å². The first-order valence-corrected chi connectivity index (χ1v) is 13.5. The molecule has 0 radical (unpaired) electrons. The van der Waals surface area contributed by atoms with E-state index >= 15 is 0 Å². The van der Waals surface area contributed by atoms with Gasteiger partial charge in [0.05, 0.1) is 36.6 Å². The number of aliphatic hydroxyl groups excluding tert-OH is 1. The maximum Gasteiger partial charge on any atom is 0.316 e. The molecule has 40 heavy (non-hydrogen) atoms. The van der Waals surface area contributed by atoms with Crippen molar-refractivity contribution >= 4 is 17.5 Å². The molecule has 0 aromatic heterocycles. The minimum Gasteiger partial charge on any atom is -0.507 e. The Hall–Kier alpha value is -3.15. The normalized spacial score (nSPS) is 31.4. The molecule has 1 saturated heterocycles. The standard InChI is InChI=1S/C30H35NO9/c1-6-30(37)13-22(40-23-12-20(31(3)4)26(33)14(2)39-23)16-10-19-18(11-17(16)25(30)29(36)38-5)27(34)15-8-7-9-21(32)24(15)28(19)35/h7-11,14,20,22-23,25-26,32-33,37H,6,12-13H2,1-5H3. The lowest BCUT2D eigenvalue weighted by Gasteiger charge is -2.46. The molecule has 2 aromatic carbocycles. The Morgan fingerprint density at radius 2 is 1.80 bits per heavy atom. The topological polar surface area (TPSA) is 143 Å². The van der Waals surface area contributed by atoms with Crippen molar-refractivity contribution < 1.29 is 43.9 Å². The molecule has 1 fully saturated rings. The van der Waals surface area contributed by atoms with Crippen LogP contribution in [0, 0.1) is 0 Å². The summed E-state index contributed by atoms with van der Waals surface area (Å²) >= 11 is 0. The van der Waals surface area contributed by atoms with Crippen LogP contribution in [-0.2, 0) is 19.0 Å². The van der Waals surface area contributed by atoms with Crippen LogP contribution in [0.15, 0.2) is 30.3 Å². The number of likely N-dealkylation sites (N-methyl/N-ethyl adjacent to an activating group) is 1. The number of carbonyl (C=O) groups is 3. The Balaban J connectivity index is 1.64. The zero-order valence-corrected chi connectivity index (χ0v) is 23.2. The smallest absolute Gasteiger partial charge is 0.316 e. The van der Waals surface area contributed by atoms with E-state index in [1.54, 1.807) is 13.8 Å². The summed E-state index contributed by atoms with van der Waals surface area (Å²) in [5.74, 6) is -3.08. The second kappa shape index (κ2) is 10.4. The fourth-order valence-corrected chi connectivity index (χ4v) is 6.37. The van der Waals surface area contributed by atoms with Gasteiger partial charge in [-0.2, -0.15) is 0 Å². The van der Waals surface area contributed by atoms with Gasteiger partial charge in [0.25, 0.3) is 0 Å². The fourth-order valence-electron chi connectivity index (χ4n) is 6.37. The third-order valence-electron chi connectivity index (χ3n) is 8.66. The molecule has 3 N–H and O–H groups in total. The average molecular weight is 554 g/mol. The Morgan fingerprint density at radius 3 is 2.45 bits per heavy atom. The lowest BCUT2D eigenvalue weighted by atomic mass is 9.67. The van der Waals surface area contributed by atoms with Crippen LogP contribution in [-0.4, -0.2) is 89.1 Å². The van der Waals surface area contributed by atoms with Crippen LogP contribution in [0.4, 0.5) is 0 Å². The van der Waals surface area contributed by atoms with Crippen LogP contribution in [0.25, 0.3) is 0 Å². The summed E-state index contributed by atoms with van der Waals surface area (Å²) in [7, 11) is 4.95. The number of aliphatic hydroxyl groups is 2. The molecule has 0 spiro atoms. The summed E-state index contributed by atoms with van der Waals surface area (Å²) < 4.78 is 17.5. The highest BCUT2D eigenvalue weighted by Gasteiger charge is 2.51. The van der Waals surface area contributed by atoms with Crippen LogP contribution in [0.1, 0.15) is 88.1 Å². The van der Waals surface area contributed by atoms with Gasteiger partial charge >= 0.3 is 5.97 Å². The second-order valence-corrected chi connectivity index (χ2v) is 11.2. The minimum absolute atomic E-state index is 0.00243. The lowest BCUT2D eigenvalue weighted by molar-refractivity contribution is -0.258. The van der Waals surface area contributed by atoms with E-state index < -0.39 is 53.7 Å². The number of rotatable bonds is 5. The van der Waals surface area contributed by atoms with Crippen LogP contribution in [0.3, 0.4) is 0 Å². The molecule has 5 rings (SSSR count). The first-order chi connectivity index (χ1) is 18.9. The van der Waals surface area contributed by atoms with Gasteiger partial charge in [-0.1, -0.05) is 19.1 Å². The Labute approximate surface area is 232 Å². The number of hydrogen-bond acceptors (Lipinski definition) is 10. The number of esters is 1. The zero-order valence-electron chi connectivity index (χ0n) is 23.2. The number of ketones is 2. The molecule has 10 heteroatoms. The van der Waals surface area contributed by atoms with Crippen molar-refractivity contribution in [3.8, 4) is 5.75 Å². The van der Waals surface area contributed by atoms with Gasteiger partial charge in [-0.05, 0) is 56.8 Å². The zero-order chi connectivity index (χ0) is 29.1. The highest BCUT2D eigenvalue weighted by atomic mass is 16.7. The number of hydrogen-bond donors (Lipinski definition) is 3. The molecular formula is C30H35NO9. The van der Waals surface area contributed by atoms with Crippen LogP contribution in [0.5, 0.6) is 5.75 Å². The van der Waals surface area contributed by atoms with Gasteiger partial charge in [0, 0.05) is 35.6 Å². The van der Waals surface area contributed by atoms with E-state index in [4.69, 9.17) is 14.2 Å². The third-order valence-corrected chi connectivity index (χ3v) is 8.66. The molecule has 10 nitrogen and oxygen atoms in total. The van der Waals surface area contributed by atoms with E-state index in [-0.39, 0.29) is 46.9 Å². The summed E-state index contributed by atoms with van der Waals surface area (Å²) in [6.07, 6.45) is -2.28. The van der Waals surface area contributed by atoms with E-state index in [0.29, 0.717) is 17.5 Å². The molecule has 7 unspecified atom stereocenters. The largest absolute Gasteiger partial charge is 0.507 e. The molecule has 2 aromatic rings. The monoisotopic (exact) mass is 553 g/mol. The van der Waals surface area contributed by atoms with Crippen molar-refractivity contribution in [3.63, 3.8) is 0 Å². The van der Waals surface area contributed by atoms with Crippen molar-refractivity contribution in [2.24, 2.45) is 0 Å². The SMILES string of the molecule is CCC1(O)CC(OC2CC(N(C)C)C(O)C(C)O2)c2cc3c(cc2C1C(=O)OC)C(=O)c1cccc(O)c1C3=O. The lowest BCUT2D eigenvalue weighted by Crippen LogP contribution is -2.54. The van der Waals surface area contributed by atoms with Crippen molar-refractivity contribution in [2.45, 2.75) is 75.3 Å². The summed E-state index contributed by atoms with van der Waals surface area (Å²) in [4.78, 5) is 42.1. The van der Waals surface area contributed by atoms with Crippen molar-refractivity contribution in [3.05, 3.63) is 63.7 Å². The number of fused-ring (bicyclic) bond motifs is 3. The third kappa shape index (κ3) is 4.44. The minimum atomic E-state index is -1.57. The van der Waals surface area contributed by atoms with Gasteiger partial charge in [-0.25, -0.2) is 0 Å². The number of carbonyl (C=O) groups excluding carboxylic acids is 3. The Kier molecular flexibility index (Phi) is 7.35. The van der Waals surface area contributed by atoms with Crippen molar-refractivity contribution in [2.75, 3.05) is 21.2 Å². The number of phenolic OH excluding ortho intramolecular Hbond substituents is 1. The molecule has 0 saturated carbocycles. The molecule has 0 amide bonds. The predicted octanol–water partition coefficient (Wildman–Crippen LogP) is 2.45. The predicted molar refractivity (Wildman–Crippen MR) is 142 cm³/mol. The maximum absolute atomic E-state index is 13.6. The molecule has 7 atom stereocenters. The van der Waals surface area contributed by atoms with Gasteiger partial charge < -0.3 is 34.4 Å². The van der Waals surface area contributed by atoms with E-state index in [0.717, 1.165) is 0 Å². The molecule has 0 bridgehead atoms. The fraction of sp³-hybridized carbons (Fsp3) is 0.500. The van der Waals surface area contributed by atoms with Gasteiger partial charge in [-0.15, -0.1) is 0 Å². The maximum atomic E-state index is 13.6. The number of ether oxygens (including phenoxy) is 3.